The van der Waals surface area contributed by atoms with Gasteiger partial charge in [0.25, 0.3) is 5.91 Å². The molecule has 0 radical (unpaired) electrons. The fraction of sp³-hybridized carbons (Fsp3) is 0.154. The van der Waals surface area contributed by atoms with Crippen LogP contribution in [0.25, 0.3) is 6.08 Å². The first-order chi connectivity index (χ1) is 17.8. The number of amides is 3. The van der Waals surface area contributed by atoms with Gasteiger partial charge in [-0.25, -0.2) is 14.4 Å². The standard InChI is InChI=1S/C26H22N2O9/c1-34-22-12-15(6-8-20(22)36-14-16-4-3-5-17(10-16)24(30)31)11-19-23(29)28(26(33)27-19)13-18-7-9-21(37-18)25(32)35-2/h3-12H,13-14H2,1-2H3,(H,27,33)(H,30,31)/b19-11-. The van der Waals surface area contributed by atoms with Gasteiger partial charge in [-0.05, 0) is 53.6 Å². The van der Waals surface area contributed by atoms with Crippen LogP contribution >= 0.6 is 0 Å². The van der Waals surface area contributed by atoms with Gasteiger partial charge in [-0.1, -0.05) is 18.2 Å². The van der Waals surface area contributed by atoms with Crippen molar-refractivity contribution in [3.05, 3.63) is 88.5 Å². The molecule has 2 N–H and O–H groups in total. The zero-order chi connectivity index (χ0) is 26.5. The number of carbonyl (C=O) groups excluding carboxylic acids is 3. The van der Waals surface area contributed by atoms with Crippen molar-refractivity contribution in [1.82, 2.24) is 10.2 Å². The molecule has 2 heterocycles. The number of urea groups is 1. The predicted octanol–water partition coefficient (Wildman–Crippen LogP) is 3.44. The maximum atomic E-state index is 12.8. The molecular formula is C26H22N2O9. The molecule has 190 valence electrons. The zero-order valence-electron chi connectivity index (χ0n) is 19.8. The quantitative estimate of drug-likeness (QED) is 0.253. The number of imide groups is 1. The van der Waals surface area contributed by atoms with Gasteiger partial charge in [-0.3, -0.25) is 9.69 Å². The van der Waals surface area contributed by atoms with E-state index >= 15 is 0 Å². The molecule has 11 heteroatoms. The summed E-state index contributed by atoms with van der Waals surface area (Å²) in [4.78, 5) is 48.9. The SMILES string of the molecule is COC(=O)c1ccc(CN2C(=O)N/C(=C\c3ccc(OCc4cccc(C(=O)O)c4)c(OC)c3)C2=O)o1. The van der Waals surface area contributed by atoms with Crippen molar-refractivity contribution >= 4 is 30.0 Å². The van der Waals surface area contributed by atoms with Crippen molar-refractivity contribution in [2.75, 3.05) is 14.2 Å². The highest BCUT2D eigenvalue weighted by atomic mass is 16.5. The first-order valence-electron chi connectivity index (χ1n) is 10.9. The monoisotopic (exact) mass is 506 g/mol. The Kier molecular flexibility index (Phi) is 7.23. The minimum absolute atomic E-state index is 0.0377. The molecule has 0 atom stereocenters. The number of aromatic carboxylic acids is 1. The second-order valence-electron chi connectivity index (χ2n) is 7.84. The Morgan fingerprint density at radius 3 is 2.59 bits per heavy atom. The van der Waals surface area contributed by atoms with Gasteiger partial charge in [0, 0.05) is 0 Å². The number of carboxylic acids is 1. The first kappa shape index (κ1) is 25.0. The first-order valence-corrected chi connectivity index (χ1v) is 10.9. The lowest BCUT2D eigenvalue weighted by Crippen LogP contribution is -2.30. The van der Waals surface area contributed by atoms with E-state index in [0.29, 0.717) is 22.6 Å². The number of benzene rings is 2. The van der Waals surface area contributed by atoms with E-state index in [2.05, 4.69) is 10.1 Å². The Balaban J connectivity index is 1.46. The Morgan fingerprint density at radius 2 is 1.86 bits per heavy atom. The second-order valence-corrected chi connectivity index (χ2v) is 7.84. The van der Waals surface area contributed by atoms with Crippen LogP contribution in [0.2, 0.25) is 0 Å². The van der Waals surface area contributed by atoms with E-state index in [1.54, 1.807) is 30.3 Å². The van der Waals surface area contributed by atoms with Crippen LogP contribution in [-0.4, -0.2) is 48.1 Å². The highest BCUT2D eigenvalue weighted by molar-refractivity contribution is 6.13. The maximum Gasteiger partial charge on any atom is 0.373 e. The van der Waals surface area contributed by atoms with Gasteiger partial charge in [-0.15, -0.1) is 0 Å². The van der Waals surface area contributed by atoms with Gasteiger partial charge in [0.1, 0.15) is 18.1 Å². The predicted molar refractivity (Wildman–Crippen MR) is 128 cm³/mol. The number of carbonyl (C=O) groups is 4. The summed E-state index contributed by atoms with van der Waals surface area (Å²) in [6, 6.07) is 13.6. The molecule has 1 fully saturated rings. The average molecular weight is 506 g/mol. The molecule has 1 saturated heterocycles. The summed E-state index contributed by atoms with van der Waals surface area (Å²) >= 11 is 0. The molecule has 37 heavy (non-hydrogen) atoms. The Bertz CT molecular complexity index is 1410. The number of carboxylic acid groups (broad SMARTS) is 1. The highest BCUT2D eigenvalue weighted by Crippen LogP contribution is 2.30. The van der Waals surface area contributed by atoms with Crippen molar-refractivity contribution in [2.45, 2.75) is 13.2 Å². The second kappa shape index (κ2) is 10.7. The number of rotatable bonds is 9. The van der Waals surface area contributed by atoms with Gasteiger partial charge >= 0.3 is 18.0 Å². The molecule has 0 spiro atoms. The molecule has 0 unspecified atom stereocenters. The average Bonchev–Trinajstić information content (AvgIpc) is 3.47. The largest absolute Gasteiger partial charge is 0.493 e. The Hall–Kier alpha value is -5.06. The Labute approximate surface area is 210 Å². The molecule has 3 amide bonds. The molecule has 0 saturated carbocycles. The number of esters is 1. The van der Waals surface area contributed by atoms with Gasteiger partial charge in [-0.2, -0.15) is 0 Å². The number of hydrogen-bond acceptors (Lipinski definition) is 8. The lowest BCUT2D eigenvalue weighted by Gasteiger charge is -2.12. The van der Waals surface area contributed by atoms with Gasteiger partial charge in [0.15, 0.2) is 11.5 Å². The van der Waals surface area contributed by atoms with Crippen molar-refractivity contribution < 1.29 is 42.9 Å². The molecule has 4 rings (SSSR count). The summed E-state index contributed by atoms with van der Waals surface area (Å²) in [5.74, 6) is -1.28. The molecule has 1 aliphatic heterocycles. The zero-order valence-corrected chi connectivity index (χ0v) is 19.8. The van der Waals surface area contributed by atoms with Crippen LogP contribution in [0.4, 0.5) is 4.79 Å². The minimum Gasteiger partial charge on any atom is -0.493 e. The molecule has 11 nitrogen and oxygen atoms in total. The summed E-state index contributed by atoms with van der Waals surface area (Å²) in [5.41, 5.74) is 1.44. The Morgan fingerprint density at radius 1 is 1.05 bits per heavy atom. The fourth-order valence-electron chi connectivity index (χ4n) is 3.56. The van der Waals surface area contributed by atoms with E-state index < -0.39 is 23.9 Å². The van der Waals surface area contributed by atoms with Crippen molar-refractivity contribution in [3.63, 3.8) is 0 Å². The van der Waals surface area contributed by atoms with Crippen LogP contribution in [0.1, 0.15) is 37.8 Å². The molecule has 0 bridgehead atoms. The molecule has 1 aromatic heterocycles. The number of nitrogens with one attached hydrogen (secondary N) is 1. The summed E-state index contributed by atoms with van der Waals surface area (Å²) in [7, 11) is 2.67. The minimum atomic E-state index is -1.03. The van der Waals surface area contributed by atoms with E-state index in [-0.39, 0.29) is 35.9 Å². The number of hydrogen-bond donors (Lipinski definition) is 2. The number of nitrogens with zero attached hydrogens (tertiary/aromatic N) is 1. The van der Waals surface area contributed by atoms with Crippen molar-refractivity contribution in [2.24, 2.45) is 0 Å². The third kappa shape index (κ3) is 5.61. The maximum absolute atomic E-state index is 12.8. The molecule has 0 aliphatic carbocycles. The summed E-state index contributed by atoms with van der Waals surface area (Å²) in [6.45, 7) is -0.0515. The van der Waals surface area contributed by atoms with E-state index in [9.17, 15) is 19.2 Å². The van der Waals surface area contributed by atoms with Crippen LogP contribution < -0.4 is 14.8 Å². The molecule has 1 aliphatic rings. The van der Waals surface area contributed by atoms with Crippen LogP contribution in [0.5, 0.6) is 11.5 Å². The number of methoxy groups -OCH3 is 2. The third-order valence-corrected chi connectivity index (χ3v) is 5.39. The number of ether oxygens (including phenoxy) is 3. The van der Waals surface area contributed by atoms with Crippen LogP contribution in [-0.2, 0) is 22.7 Å². The van der Waals surface area contributed by atoms with E-state index in [0.717, 1.165) is 4.90 Å². The smallest absolute Gasteiger partial charge is 0.373 e. The number of furan rings is 1. The topological polar surface area (TPSA) is 145 Å². The molecule has 2 aromatic carbocycles. The summed E-state index contributed by atoms with van der Waals surface area (Å²) < 4.78 is 21.1. The van der Waals surface area contributed by atoms with Gasteiger partial charge in [0.2, 0.25) is 5.76 Å². The summed E-state index contributed by atoms with van der Waals surface area (Å²) in [5, 5.41) is 11.7. The fourth-order valence-corrected chi connectivity index (χ4v) is 3.56. The molecular weight excluding hydrogens is 484 g/mol. The lowest BCUT2D eigenvalue weighted by molar-refractivity contribution is -0.123. The van der Waals surface area contributed by atoms with E-state index in [1.165, 1.54) is 44.6 Å². The summed E-state index contributed by atoms with van der Waals surface area (Å²) in [6.07, 6.45) is 1.49. The van der Waals surface area contributed by atoms with Crippen LogP contribution in [0.15, 0.2) is 64.7 Å². The van der Waals surface area contributed by atoms with Gasteiger partial charge < -0.3 is 29.1 Å². The normalized spacial score (nSPS) is 14.0. The van der Waals surface area contributed by atoms with Crippen molar-refractivity contribution in [1.29, 1.82) is 0 Å². The van der Waals surface area contributed by atoms with E-state index in [1.807, 2.05) is 0 Å². The third-order valence-electron chi connectivity index (χ3n) is 5.39. The van der Waals surface area contributed by atoms with E-state index in [4.69, 9.17) is 19.0 Å². The molecule has 3 aromatic rings. The lowest BCUT2D eigenvalue weighted by atomic mass is 10.1. The van der Waals surface area contributed by atoms with Crippen LogP contribution in [0.3, 0.4) is 0 Å². The van der Waals surface area contributed by atoms with Crippen molar-refractivity contribution in [3.8, 4) is 11.5 Å². The highest BCUT2D eigenvalue weighted by Gasteiger charge is 2.34. The van der Waals surface area contributed by atoms with Crippen LogP contribution in [0, 0.1) is 0 Å². The van der Waals surface area contributed by atoms with Gasteiger partial charge in [0.05, 0.1) is 26.3 Å².